The van der Waals surface area contributed by atoms with Gasteiger partial charge in [-0.3, -0.25) is 4.79 Å². The van der Waals surface area contributed by atoms with Crippen LogP contribution in [0.2, 0.25) is 0 Å². The van der Waals surface area contributed by atoms with E-state index in [1.165, 1.54) is 4.90 Å². The number of carbonyl (C=O) groups is 1. The third-order valence-electron chi connectivity index (χ3n) is 1.75. The number of hydrogen-bond donors (Lipinski definition) is 0. The van der Waals surface area contributed by atoms with Crippen LogP contribution in [0.25, 0.3) is 0 Å². The zero-order chi connectivity index (χ0) is 10.6. The molecule has 0 spiro atoms. The molecule has 0 radical (unpaired) electrons. The first-order valence-electron chi connectivity index (χ1n) is 4.11. The number of halogens is 1. The lowest BCUT2D eigenvalue weighted by molar-refractivity contribution is -0.113. The topological polar surface area (TPSA) is 20.3 Å². The summed E-state index contributed by atoms with van der Waals surface area (Å²) in [7, 11) is 1.70. The van der Waals surface area contributed by atoms with Gasteiger partial charge in [-0.2, -0.15) is 0 Å². The maximum atomic E-state index is 11.4. The van der Waals surface area contributed by atoms with Crippen molar-refractivity contribution in [3.05, 3.63) is 28.7 Å². The van der Waals surface area contributed by atoms with Crippen molar-refractivity contribution in [2.24, 2.45) is 0 Å². The molecule has 0 aliphatic rings. The lowest BCUT2D eigenvalue weighted by Gasteiger charge is -2.15. The molecule has 2 nitrogen and oxygen atoms in total. The predicted molar refractivity (Wildman–Crippen MR) is 61.0 cm³/mol. The summed E-state index contributed by atoms with van der Waals surface area (Å²) in [5.41, 5.74) is 0.820. The number of benzene rings is 1. The zero-order valence-corrected chi connectivity index (χ0v) is 9.63. The van der Waals surface area contributed by atoms with Gasteiger partial charge in [-0.05, 0) is 40.9 Å². The number of rotatable bonds is 1. The van der Waals surface area contributed by atoms with Gasteiger partial charge in [-0.25, -0.2) is 0 Å². The van der Waals surface area contributed by atoms with Crippen molar-refractivity contribution < 1.29 is 4.79 Å². The molecule has 0 N–H and O–H groups in total. The average Bonchev–Trinajstić information content (AvgIpc) is 2.18. The number of amides is 1. The Kier molecular flexibility index (Phi) is 3.73. The van der Waals surface area contributed by atoms with Crippen molar-refractivity contribution in [3.63, 3.8) is 0 Å². The van der Waals surface area contributed by atoms with E-state index in [-0.39, 0.29) is 5.91 Å². The van der Waals surface area contributed by atoms with E-state index in [0.29, 0.717) is 0 Å². The van der Waals surface area contributed by atoms with Crippen LogP contribution in [0.3, 0.4) is 0 Å². The molecule has 0 saturated heterocycles. The molecule has 1 aromatic carbocycles. The van der Waals surface area contributed by atoms with Crippen molar-refractivity contribution in [2.45, 2.75) is 6.92 Å². The summed E-state index contributed by atoms with van der Waals surface area (Å²) in [4.78, 5) is 12.9. The molecule has 0 bridgehead atoms. The Morgan fingerprint density at radius 3 is 2.64 bits per heavy atom. The Bertz CT molecular complexity index is 403. The van der Waals surface area contributed by atoms with Crippen molar-refractivity contribution in [2.75, 3.05) is 11.9 Å². The minimum atomic E-state index is -0.209. The van der Waals surface area contributed by atoms with Crippen LogP contribution in [0.1, 0.15) is 6.92 Å². The third-order valence-corrected chi connectivity index (χ3v) is 2.42. The second-order valence-electron chi connectivity index (χ2n) is 2.69. The first-order valence-corrected chi connectivity index (χ1v) is 4.91. The fourth-order valence-corrected chi connectivity index (χ4v) is 1.57. The van der Waals surface area contributed by atoms with Gasteiger partial charge < -0.3 is 4.90 Å². The molecule has 3 heteroatoms. The fraction of sp³-hybridized carbons (Fsp3) is 0.182. The van der Waals surface area contributed by atoms with E-state index >= 15 is 0 Å². The number of hydrogen-bond acceptors (Lipinski definition) is 1. The van der Waals surface area contributed by atoms with Gasteiger partial charge in [0.05, 0.1) is 5.69 Å². The van der Waals surface area contributed by atoms with E-state index in [2.05, 4.69) is 27.8 Å². The summed E-state index contributed by atoms with van der Waals surface area (Å²) >= 11 is 3.37. The largest absolute Gasteiger partial charge is 0.304 e. The third kappa shape index (κ3) is 2.36. The minimum absolute atomic E-state index is 0.209. The van der Waals surface area contributed by atoms with E-state index in [9.17, 15) is 4.79 Å². The summed E-state index contributed by atoms with van der Waals surface area (Å²) in [6.07, 6.45) is 0. The van der Waals surface area contributed by atoms with E-state index < -0.39 is 0 Å². The first-order chi connectivity index (χ1) is 6.66. The van der Waals surface area contributed by atoms with Crippen molar-refractivity contribution in [1.82, 2.24) is 0 Å². The van der Waals surface area contributed by atoms with Gasteiger partial charge in [0.1, 0.15) is 0 Å². The molecule has 1 rings (SSSR count). The first kappa shape index (κ1) is 10.8. The summed E-state index contributed by atoms with van der Waals surface area (Å²) in [6, 6.07) is 7.53. The molecular formula is C11H10BrNO. The van der Waals surface area contributed by atoms with Crippen LogP contribution in [0.4, 0.5) is 5.69 Å². The summed E-state index contributed by atoms with van der Waals surface area (Å²) < 4.78 is 0.883. The number of anilines is 1. The molecule has 1 amide bonds. The van der Waals surface area contributed by atoms with Crippen molar-refractivity contribution in [1.29, 1.82) is 0 Å². The van der Waals surface area contributed by atoms with Crippen LogP contribution in [0.15, 0.2) is 28.7 Å². The second-order valence-corrected chi connectivity index (χ2v) is 3.54. The highest BCUT2D eigenvalue weighted by atomic mass is 79.9. The second kappa shape index (κ2) is 4.83. The Morgan fingerprint density at radius 2 is 2.07 bits per heavy atom. The number of carbonyl (C=O) groups excluding carboxylic acids is 1. The van der Waals surface area contributed by atoms with Gasteiger partial charge in [0.25, 0.3) is 0 Å². The normalized spacial score (nSPS) is 8.79. The number of nitrogens with zero attached hydrogens (tertiary/aromatic N) is 1. The standard InChI is InChI=1S/C11H10BrNO/c1-3-6-11(14)13(2)10-8-5-4-7-9(10)12/h4-5,7-8H,1-2H3. The minimum Gasteiger partial charge on any atom is -0.304 e. The van der Waals surface area contributed by atoms with Crippen molar-refractivity contribution >= 4 is 27.5 Å². The van der Waals surface area contributed by atoms with Gasteiger partial charge >= 0.3 is 5.91 Å². The van der Waals surface area contributed by atoms with E-state index in [4.69, 9.17) is 0 Å². The van der Waals surface area contributed by atoms with Gasteiger partial charge in [0.2, 0.25) is 0 Å². The summed E-state index contributed by atoms with van der Waals surface area (Å²) in [6.45, 7) is 1.64. The molecule has 0 aromatic heterocycles. The predicted octanol–water partition coefficient (Wildman–Crippen LogP) is 2.44. The lowest BCUT2D eigenvalue weighted by Crippen LogP contribution is -2.24. The molecule has 0 unspecified atom stereocenters. The Labute approximate surface area is 92.0 Å². The highest BCUT2D eigenvalue weighted by molar-refractivity contribution is 9.10. The van der Waals surface area contributed by atoms with Crippen LogP contribution in [0, 0.1) is 11.8 Å². The molecule has 0 aliphatic heterocycles. The monoisotopic (exact) mass is 251 g/mol. The van der Waals surface area contributed by atoms with E-state index in [0.717, 1.165) is 10.2 Å². The van der Waals surface area contributed by atoms with Gasteiger partial charge in [0.15, 0.2) is 0 Å². The zero-order valence-electron chi connectivity index (χ0n) is 8.04. The molecule has 14 heavy (non-hydrogen) atoms. The van der Waals surface area contributed by atoms with E-state index in [1.54, 1.807) is 14.0 Å². The van der Waals surface area contributed by atoms with Crippen LogP contribution in [-0.2, 0) is 4.79 Å². The van der Waals surface area contributed by atoms with Crippen molar-refractivity contribution in [3.8, 4) is 11.8 Å². The van der Waals surface area contributed by atoms with Crippen LogP contribution >= 0.6 is 15.9 Å². The lowest BCUT2D eigenvalue weighted by atomic mass is 10.3. The van der Waals surface area contributed by atoms with E-state index in [1.807, 2.05) is 24.3 Å². The molecule has 0 fully saturated rings. The van der Waals surface area contributed by atoms with Crippen LogP contribution < -0.4 is 4.90 Å². The quantitative estimate of drug-likeness (QED) is 0.703. The molecular weight excluding hydrogens is 242 g/mol. The Hall–Kier alpha value is -1.27. The van der Waals surface area contributed by atoms with Gasteiger partial charge in [-0.15, -0.1) is 0 Å². The van der Waals surface area contributed by atoms with Crippen LogP contribution in [-0.4, -0.2) is 13.0 Å². The maximum absolute atomic E-state index is 11.4. The highest BCUT2D eigenvalue weighted by Crippen LogP contribution is 2.24. The van der Waals surface area contributed by atoms with Gasteiger partial charge in [0, 0.05) is 11.5 Å². The smallest absolute Gasteiger partial charge is 0.302 e. The average molecular weight is 252 g/mol. The fourth-order valence-electron chi connectivity index (χ4n) is 1.02. The van der Waals surface area contributed by atoms with Crippen LogP contribution in [0.5, 0.6) is 0 Å². The summed E-state index contributed by atoms with van der Waals surface area (Å²) in [5, 5.41) is 0. The SMILES string of the molecule is CC#CC(=O)N(C)c1ccccc1Br. The molecule has 72 valence electrons. The molecule has 0 heterocycles. The molecule has 1 aromatic rings. The highest BCUT2D eigenvalue weighted by Gasteiger charge is 2.09. The van der Waals surface area contributed by atoms with Gasteiger partial charge in [-0.1, -0.05) is 18.1 Å². The Balaban J connectivity index is 2.98. The molecule has 0 aliphatic carbocycles. The summed E-state index contributed by atoms with van der Waals surface area (Å²) in [5.74, 6) is 4.86. The molecule has 0 atom stereocenters. The maximum Gasteiger partial charge on any atom is 0.302 e. The Morgan fingerprint density at radius 1 is 1.43 bits per heavy atom. The molecule has 0 saturated carbocycles. The number of para-hydroxylation sites is 1.